The van der Waals surface area contributed by atoms with Crippen molar-refractivity contribution < 1.29 is 80.2 Å². The standard InChI is InChI=1S/2C20H22O8/c2*21-10-16-17(24)18(25)19(26)20(28-16)27-15-8-12(7-14(23)9-15)2-1-11-3-5-13(22)6-4-11/h2*1-9,16-26H,10H2/b2-1+;2-1-/t2*16?,17-,18?,19+,20-/m11/s1. The minimum absolute atomic E-state index is 0.0903. The molecule has 2 aliphatic rings. The number of aliphatic hydroxyl groups excluding tert-OH is 8. The summed E-state index contributed by atoms with van der Waals surface area (Å²) >= 11 is 0. The van der Waals surface area contributed by atoms with Crippen LogP contribution in [0.25, 0.3) is 24.3 Å². The van der Waals surface area contributed by atoms with Crippen LogP contribution in [0.1, 0.15) is 22.3 Å². The van der Waals surface area contributed by atoms with Gasteiger partial charge in [0, 0.05) is 12.1 Å². The van der Waals surface area contributed by atoms with Crippen LogP contribution in [0.3, 0.4) is 0 Å². The molecular formula is C40H44O16. The Morgan fingerprint density at radius 2 is 0.750 bits per heavy atom. The molecule has 0 aliphatic carbocycles. The lowest BCUT2D eigenvalue weighted by Gasteiger charge is -2.39. The minimum Gasteiger partial charge on any atom is -0.508 e. The first kappa shape index (κ1) is 41.9. The Morgan fingerprint density at radius 1 is 0.411 bits per heavy atom. The quantitative estimate of drug-likeness (QED) is 0.0996. The van der Waals surface area contributed by atoms with Crippen molar-refractivity contribution in [1.82, 2.24) is 0 Å². The lowest BCUT2D eigenvalue weighted by molar-refractivity contribution is -0.277. The Bertz CT molecular complexity index is 1770. The van der Waals surface area contributed by atoms with E-state index in [2.05, 4.69) is 0 Å². The molecule has 6 rings (SSSR count). The number of hydrogen-bond acceptors (Lipinski definition) is 16. The largest absolute Gasteiger partial charge is 0.508 e. The minimum atomic E-state index is -1.55. The van der Waals surface area contributed by atoms with Crippen molar-refractivity contribution in [3.63, 3.8) is 0 Å². The molecule has 4 aromatic carbocycles. The molecule has 0 saturated carbocycles. The van der Waals surface area contributed by atoms with Gasteiger partial charge in [0.25, 0.3) is 0 Å². The van der Waals surface area contributed by atoms with Crippen molar-refractivity contribution >= 4 is 24.3 Å². The molecule has 300 valence electrons. The average molecular weight is 781 g/mol. The van der Waals surface area contributed by atoms with Crippen LogP contribution in [0.2, 0.25) is 0 Å². The van der Waals surface area contributed by atoms with Crippen LogP contribution in [-0.2, 0) is 9.47 Å². The van der Waals surface area contributed by atoms with Gasteiger partial charge in [0.05, 0.1) is 13.2 Å². The summed E-state index contributed by atoms with van der Waals surface area (Å²) in [6.07, 6.45) is -7.05. The fourth-order valence-corrected chi connectivity index (χ4v) is 5.69. The summed E-state index contributed by atoms with van der Waals surface area (Å²) in [6.45, 7) is -1.13. The lowest BCUT2D eigenvalue weighted by Crippen LogP contribution is -2.60. The molecule has 0 spiro atoms. The third-order valence-corrected chi connectivity index (χ3v) is 8.75. The number of phenols is 4. The molecule has 2 fully saturated rings. The number of hydrogen-bond donors (Lipinski definition) is 12. The van der Waals surface area contributed by atoms with Gasteiger partial charge in [-0.1, -0.05) is 48.6 Å². The van der Waals surface area contributed by atoms with Crippen molar-refractivity contribution in [2.24, 2.45) is 0 Å². The van der Waals surface area contributed by atoms with E-state index in [0.29, 0.717) is 11.1 Å². The van der Waals surface area contributed by atoms with Crippen molar-refractivity contribution in [2.75, 3.05) is 13.2 Å². The van der Waals surface area contributed by atoms with Crippen molar-refractivity contribution in [1.29, 1.82) is 0 Å². The van der Waals surface area contributed by atoms with Gasteiger partial charge in [-0.2, -0.15) is 0 Å². The van der Waals surface area contributed by atoms with Gasteiger partial charge in [-0.3, -0.25) is 0 Å². The summed E-state index contributed by atoms with van der Waals surface area (Å²) in [7, 11) is 0. The van der Waals surface area contributed by atoms with E-state index < -0.39 is 74.6 Å². The van der Waals surface area contributed by atoms with E-state index in [1.165, 1.54) is 24.3 Å². The maximum atomic E-state index is 10.1. The highest BCUT2D eigenvalue weighted by atomic mass is 16.7. The fourth-order valence-electron chi connectivity index (χ4n) is 5.69. The molecule has 0 aromatic heterocycles. The molecule has 4 aromatic rings. The van der Waals surface area contributed by atoms with Gasteiger partial charge in [-0.05, 0) is 70.8 Å². The monoisotopic (exact) mass is 780 g/mol. The summed E-state index contributed by atoms with van der Waals surface area (Å²) in [5.41, 5.74) is 2.84. The van der Waals surface area contributed by atoms with E-state index in [1.807, 2.05) is 0 Å². The zero-order valence-electron chi connectivity index (χ0n) is 29.6. The Balaban J connectivity index is 0.000000214. The summed E-state index contributed by atoms with van der Waals surface area (Å²) in [5, 5.41) is 116. The van der Waals surface area contributed by atoms with Crippen LogP contribution < -0.4 is 9.47 Å². The molecule has 2 aliphatic heterocycles. The van der Waals surface area contributed by atoms with Gasteiger partial charge in [-0.15, -0.1) is 0 Å². The Hall–Kier alpha value is -5.24. The molecule has 4 unspecified atom stereocenters. The second kappa shape index (κ2) is 19.1. The van der Waals surface area contributed by atoms with Gasteiger partial charge >= 0.3 is 0 Å². The predicted octanol–water partition coefficient (Wildman–Crippen LogP) is 0.894. The SMILES string of the molecule is OCC1O[C@@H](Oc2cc(O)cc(/C=C/c3ccc(O)cc3)c2)[C@@H](O)C(O)[C@@H]1O.OCC1O[C@@H](Oc2cc(O)cc(/C=C\c3ccc(O)cc3)c2)[C@@H](O)C(O)[C@@H]1O. The maximum Gasteiger partial charge on any atom is 0.229 e. The first-order chi connectivity index (χ1) is 26.7. The third kappa shape index (κ3) is 11.0. The van der Waals surface area contributed by atoms with Gasteiger partial charge in [0.2, 0.25) is 12.6 Å². The molecule has 10 atom stereocenters. The number of ether oxygens (including phenoxy) is 4. The molecular weight excluding hydrogens is 736 g/mol. The van der Waals surface area contributed by atoms with Crippen LogP contribution in [-0.4, -0.2) is 136 Å². The van der Waals surface area contributed by atoms with Crippen molar-refractivity contribution in [3.05, 3.63) is 107 Å². The second-order valence-electron chi connectivity index (χ2n) is 13.0. The molecule has 0 radical (unpaired) electrons. The molecule has 16 heteroatoms. The van der Waals surface area contributed by atoms with Gasteiger partial charge in [0.1, 0.15) is 83.3 Å². The van der Waals surface area contributed by atoms with Crippen LogP contribution in [0.5, 0.6) is 34.5 Å². The fraction of sp³-hybridized carbons (Fsp3) is 0.300. The van der Waals surface area contributed by atoms with Crippen LogP contribution in [0.15, 0.2) is 84.9 Å². The van der Waals surface area contributed by atoms with Crippen molar-refractivity contribution in [3.8, 4) is 34.5 Å². The summed E-state index contributed by atoms with van der Waals surface area (Å²) in [5.74, 6) is 0.457. The first-order valence-corrected chi connectivity index (χ1v) is 17.3. The molecule has 2 heterocycles. The van der Waals surface area contributed by atoms with E-state index in [9.17, 15) is 61.3 Å². The third-order valence-electron chi connectivity index (χ3n) is 8.75. The second-order valence-corrected chi connectivity index (χ2v) is 13.0. The number of aromatic hydroxyl groups is 4. The predicted molar refractivity (Wildman–Crippen MR) is 199 cm³/mol. The van der Waals surface area contributed by atoms with Gasteiger partial charge < -0.3 is 80.2 Å². The first-order valence-electron chi connectivity index (χ1n) is 17.3. The number of aliphatic hydroxyl groups is 8. The van der Waals surface area contributed by atoms with Crippen LogP contribution in [0, 0.1) is 0 Å². The topological polar surface area (TPSA) is 280 Å². The van der Waals surface area contributed by atoms with E-state index in [0.717, 1.165) is 11.1 Å². The molecule has 56 heavy (non-hydrogen) atoms. The van der Waals surface area contributed by atoms with Gasteiger partial charge in [0.15, 0.2) is 0 Å². The maximum absolute atomic E-state index is 10.1. The van der Waals surface area contributed by atoms with E-state index in [4.69, 9.17) is 18.9 Å². The zero-order chi connectivity index (χ0) is 40.5. The lowest BCUT2D eigenvalue weighted by atomic mass is 9.99. The molecule has 0 bridgehead atoms. The molecule has 12 N–H and O–H groups in total. The average Bonchev–Trinajstić information content (AvgIpc) is 3.18. The Kier molecular flexibility index (Phi) is 14.3. The normalized spacial score (nSPS) is 27.8. The van der Waals surface area contributed by atoms with E-state index >= 15 is 0 Å². The highest BCUT2D eigenvalue weighted by molar-refractivity contribution is 5.72. The number of phenolic OH excluding ortho intramolecular Hbond substituents is 4. The molecule has 2 saturated heterocycles. The Morgan fingerprint density at radius 3 is 1.09 bits per heavy atom. The molecule has 0 amide bonds. The number of rotatable bonds is 10. The van der Waals surface area contributed by atoms with Gasteiger partial charge in [-0.25, -0.2) is 0 Å². The van der Waals surface area contributed by atoms with Crippen LogP contribution >= 0.6 is 0 Å². The Labute approximate surface area is 320 Å². The van der Waals surface area contributed by atoms with Crippen molar-refractivity contribution in [2.45, 2.75) is 61.4 Å². The highest BCUT2D eigenvalue weighted by Gasteiger charge is 2.45. The zero-order valence-corrected chi connectivity index (χ0v) is 29.6. The van der Waals surface area contributed by atoms with E-state index in [1.54, 1.807) is 85.0 Å². The molecule has 16 nitrogen and oxygen atoms in total. The van der Waals surface area contributed by atoms with Crippen LogP contribution in [0.4, 0.5) is 0 Å². The van der Waals surface area contributed by atoms with E-state index in [-0.39, 0.29) is 34.5 Å². The summed E-state index contributed by atoms with van der Waals surface area (Å²) < 4.78 is 21.7. The number of benzene rings is 4. The smallest absolute Gasteiger partial charge is 0.229 e. The summed E-state index contributed by atoms with van der Waals surface area (Å²) in [4.78, 5) is 0. The highest BCUT2D eigenvalue weighted by Crippen LogP contribution is 2.30. The summed E-state index contributed by atoms with van der Waals surface area (Å²) in [6, 6.07) is 21.9.